The third-order valence-electron chi connectivity index (χ3n) is 1.55. The summed E-state index contributed by atoms with van der Waals surface area (Å²) in [6.45, 7) is 8.39. The first-order chi connectivity index (χ1) is 8.43. The summed E-state index contributed by atoms with van der Waals surface area (Å²) in [5.41, 5.74) is -1.47. The standard InChI is InChI=1S/C5H10O4.2C3H4O2/c1-5(2,3(6)7)4(8)9;2*1-2-3(4)5/h3,6-7H,1-2H3,(H,8,9);2*2H,1H2,(H,4,5). The van der Waals surface area contributed by atoms with Crippen molar-refractivity contribution in [3.05, 3.63) is 25.3 Å². The Labute approximate surface area is 109 Å². The van der Waals surface area contributed by atoms with Crippen molar-refractivity contribution in [1.29, 1.82) is 0 Å². The van der Waals surface area contributed by atoms with E-state index in [-0.39, 0.29) is 0 Å². The maximum Gasteiger partial charge on any atom is 0.327 e. The van der Waals surface area contributed by atoms with Gasteiger partial charge in [-0.2, -0.15) is 0 Å². The van der Waals surface area contributed by atoms with E-state index >= 15 is 0 Å². The lowest BCUT2D eigenvalue weighted by Gasteiger charge is -2.20. The van der Waals surface area contributed by atoms with Crippen molar-refractivity contribution in [2.45, 2.75) is 20.1 Å². The van der Waals surface area contributed by atoms with Crippen molar-refractivity contribution in [3.63, 3.8) is 0 Å². The number of carboxylic acids is 3. The zero-order valence-electron chi connectivity index (χ0n) is 10.6. The zero-order valence-corrected chi connectivity index (χ0v) is 10.6. The van der Waals surface area contributed by atoms with Crippen LogP contribution in [0.3, 0.4) is 0 Å². The molecule has 0 atom stereocenters. The van der Waals surface area contributed by atoms with E-state index in [1.54, 1.807) is 0 Å². The number of carbonyl (C=O) groups is 3. The van der Waals surface area contributed by atoms with Crippen LogP contribution in [0, 0.1) is 5.41 Å². The van der Waals surface area contributed by atoms with E-state index < -0.39 is 29.6 Å². The Morgan fingerprint density at radius 2 is 1.16 bits per heavy atom. The van der Waals surface area contributed by atoms with Gasteiger partial charge < -0.3 is 25.5 Å². The van der Waals surface area contributed by atoms with Crippen molar-refractivity contribution < 1.29 is 39.9 Å². The summed E-state index contributed by atoms with van der Waals surface area (Å²) in [4.78, 5) is 28.6. The fraction of sp³-hybridized carbons (Fsp3) is 0.364. The van der Waals surface area contributed by atoms with Gasteiger partial charge >= 0.3 is 17.9 Å². The Morgan fingerprint density at radius 1 is 0.947 bits per heavy atom. The highest BCUT2D eigenvalue weighted by Gasteiger charge is 2.34. The molecule has 110 valence electrons. The summed E-state index contributed by atoms with van der Waals surface area (Å²) in [6, 6.07) is 0. The van der Waals surface area contributed by atoms with E-state index in [1.807, 2.05) is 0 Å². The van der Waals surface area contributed by atoms with Crippen LogP contribution in [-0.2, 0) is 14.4 Å². The molecule has 8 nitrogen and oxygen atoms in total. The van der Waals surface area contributed by atoms with Crippen LogP contribution in [0.1, 0.15) is 13.8 Å². The monoisotopic (exact) mass is 278 g/mol. The highest BCUT2D eigenvalue weighted by atomic mass is 16.5. The molecule has 19 heavy (non-hydrogen) atoms. The molecule has 5 N–H and O–H groups in total. The van der Waals surface area contributed by atoms with Crippen molar-refractivity contribution in [3.8, 4) is 0 Å². The van der Waals surface area contributed by atoms with Crippen LogP contribution in [0.5, 0.6) is 0 Å². The molecular weight excluding hydrogens is 260 g/mol. The number of aliphatic hydroxyl groups excluding tert-OH is 1. The normalized spacial score (nSPS) is 9.11. The quantitative estimate of drug-likeness (QED) is 0.353. The van der Waals surface area contributed by atoms with Crippen molar-refractivity contribution in [1.82, 2.24) is 0 Å². The van der Waals surface area contributed by atoms with E-state index in [1.165, 1.54) is 13.8 Å². The average molecular weight is 278 g/mol. The highest BCUT2D eigenvalue weighted by Crippen LogP contribution is 2.18. The van der Waals surface area contributed by atoms with Crippen molar-refractivity contribution >= 4 is 17.9 Å². The minimum Gasteiger partial charge on any atom is -0.481 e. The highest BCUT2D eigenvalue weighted by molar-refractivity contribution is 5.79. The summed E-state index contributed by atoms with van der Waals surface area (Å²) < 4.78 is 0. The molecule has 0 spiro atoms. The molecule has 0 aliphatic rings. The SMILES string of the molecule is C=CC(=O)O.C=CC(=O)O.CC(C)(C(=O)O)C(O)O. The van der Waals surface area contributed by atoms with Gasteiger partial charge in [-0.3, -0.25) is 4.79 Å². The first kappa shape index (κ1) is 22.0. The summed E-state index contributed by atoms with van der Waals surface area (Å²) in [6.07, 6.45) is -0.144. The van der Waals surface area contributed by atoms with Crippen LogP contribution >= 0.6 is 0 Å². The van der Waals surface area contributed by atoms with Crippen LogP contribution in [0.4, 0.5) is 0 Å². The van der Waals surface area contributed by atoms with Gasteiger partial charge in [0.05, 0.1) is 0 Å². The van der Waals surface area contributed by atoms with Crippen molar-refractivity contribution in [2.24, 2.45) is 5.41 Å². The lowest BCUT2D eigenvalue weighted by atomic mass is 9.93. The minimum absolute atomic E-state index is 0.833. The molecule has 0 saturated heterocycles. The molecule has 0 heterocycles. The fourth-order valence-electron chi connectivity index (χ4n) is 0.110. The molecule has 0 saturated carbocycles. The number of hydrogen-bond donors (Lipinski definition) is 5. The Hall–Kier alpha value is -2.19. The van der Waals surface area contributed by atoms with E-state index in [0.717, 1.165) is 12.2 Å². The van der Waals surface area contributed by atoms with Gasteiger partial charge in [-0.25, -0.2) is 9.59 Å². The maximum absolute atomic E-state index is 10.1. The summed E-state index contributed by atoms with van der Waals surface area (Å²) >= 11 is 0. The molecule has 0 unspecified atom stereocenters. The molecule has 0 aromatic heterocycles. The number of aliphatic hydroxyl groups is 2. The molecule has 0 aromatic carbocycles. The third-order valence-corrected chi connectivity index (χ3v) is 1.55. The maximum atomic E-state index is 10.1. The van der Waals surface area contributed by atoms with E-state index in [2.05, 4.69) is 13.2 Å². The molecule has 0 fully saturated rings. The molecule has 0 aliphatic carbocycles. The molecule has 8 heteroatoms. The Morgan fingerprint density at radius 3 is 1.16 bits per heavy atom. The van der Waals surface area contributed by atoms with Gasteiger partial charge in [-0.15, -0.1) is 0 Å². The number of rotatable bonds is 4. The molecule has 0 rings (SSSR count). The third kappa shape index (κ3) is 15.8. The van der Waals surface area contributed by atoms with Gasteiger partial charge in [-0.1, -0.05) is 13.2 Å². The van der Waals surface area contributed by atoms with Crippen LogP contribution in [-0.4, -0.2) is 49.7 Å². The van der Waals surface area contributed by atoms with Crippen LogP contribution < -0.4 is 0 Å². The van der Waals surface area contributed by atoms with Gasteiger partial charge in [-0.05, 0) is 13.8 Å². The molecule has 0 aliphatic heterocycles. The predicted octanol–water partition coefficient (Wildman–Crippen LogP) is -0.0781. The first-order valence-corrected chi connectivity index (χ1v) is 4.73. The molecule has 0 aromatic rings. The van der Waals surface area contributed by atoms with Gasteiger partial charge in [0, 0.05) is 12.2 Å². The molecule has 0 radical (unpaired) electrons. The van der Waals surface area contributed by atoms with E-state index in [9.17, 15) is 14.4 Å². The molecule has 0 bridgehead atoms. The number of hydrogen-bond acceptors (Lipinski definition) is 5. The smallest absolute Gasteiger partial charge is 0.327 e. The Kier molecular flexibility index (Phi) is 12.7. The van der Waals surface area contributed by atoms with Gasteiger partial charge in [0.1, 0.15) is 5.41 Å². The zero-order chi connectivity index (χ0) is 16.2. The predicted molar refractivity (Wildman–Crippen MR) is 65.3 cm³/mol. The largest absolute Gasteiger partial charge is 0.481 e. The lowest BCUT2D eigenvalue weighted by molar-refractivity contribution is -0.174. The summed E-state index contributed by atoms with van der Waals surface area (Å²) in [7, 11) is 0. The van der Waals surface area contributed by atoms with E-state index in [4.69, 9.17) is 25.5 Å². The fourth-order valence-corrected chi connectivity index (χ4v) is 0.110. The summed E-state index contributed by atoms with van der Waals surface area (Å²) in [5, 5.41) is 40.4. The van der Waals surface area contributed by atoms with Crippen molar-refractivity contribution in [2.75, 3.05) is 0 Å². The van der Waals surface area contributed by atoms with Crippen LogP contribution in [0.15, 0.2) is 25.3 Å². The van der Waals surface area contributed by atoms with Crippen LogP contribution in [0.25, 0.3) is 0 Å². The van der Waals surface area contributed by atoms with E-state index in [0.29, 0.717) is 0 Å². The second-order valence-corrected chi connectivity index (χ2v) is 3.49. The van der Waals surface area contributed by atoms with Gasteiger partial charge in [0.15, 0.2) is 6.29 Å². The Balaban J connectivity index is -0.000000219. The van der Waals surface area contributed by atoms with Gasteiger partial charge in [0.25, 0.3) is 0 Å². The molecule has 0 amide bonds. The average Bonchev–Trinajstić information content (AvgIpc) is 2.29. The summed E-state index contributed by atoms with van der Waals surface area (Å²) in [5.74, 6) is -3.19. The van der Waals surface area contributed by atoms with Crippen LogP contribution in [0.2, 0.25) is 0 Å². The lowest BCUT2D eigenvalue weighted by Crippen LogP contribution is -2.36. The number of carboxylic acid groups (broad SMARTS) is 3. The van der Waals surface area contributed by atoms with Gasteiger partial charge in [0.2, 0.25) is 0 Å². The molecular formula is C11H18O8. The first-order valence-electron chi connectivity index (χ1n) is 4.73. The Bertz CT molecular complexity index is 312. The second kappa shape index (κ2) is 10.9. The minimum atomic E-state index is -1.81. The second-order valence-electron chi connectivity index (χ2n) is 3.49. The number of aliphatic carboxylic acids is 3. The topological polar surface area (TPSA) is 152 Å².